The molecule has 0 heterocycles. The van der Waals surface area contributed by atoms with Gasteiger partial charge in [-0.2, -0.15) is 13.2 Å². The summed E-state index contributed by atoms with van der Waals surface area (Å²) in [5.41, 5.74) is 5.18. The van der Waals surface area contributed by atoms with Crippen molar-refractivity contribution < 1.29 is 13.2 Å². The van der Waals surface area contributed by atoms with E-state index in [0.29, 0.717) is 0 Å². The number of hydrogen-bond donors (Lipinski definition) is 1. The van der Waals surface area contributed by atoms with Crippen molar-refractivity contribution >= 4 is 11.6 Å². The fourth-order valence-corrected chi connectivity index (χ4v) is 1.38. The summed E-state index contributed by atoms with van der Waals surface area (Å²) in [7, 11) is 0. The lowest BCUT2D eigenvalue weighted by molar-refractivity contribution is -0.148. The van der Waals surface area contributed by atoms with E-state index in [-0.39, 0.29) is 10.6 Å². The molecule has 0 bridgehead atoms. The lowest BCUT2D eigenvalue weighted by Crippen LogP contribution is -2.27. The maximum Gasteiger partial charge on any atom is 0.396 e. The predicted molar refractivity (Wildman–Crippen MR) is 49.3 cm³/mol. The molecule has 0 aliphatic carbocycles. The Morgan fingerprint density at radius 1 is 1.36 bits per heavy atom. The lowest BCUT2D eigenvalue weighted by atomic mass is 9.99. The standard InChI is InChI=1S/C9H9ClF3N/c10-7-3-1-2-6(4-7)8(5-14)9(11,12)13/h1-4,8H,5,14H2. The Morgan fingerprint density at radius 3 is 2.43 bits per heavy atom. The van der Waals surface area contributed by atoms with Gasteiger partial charge < -0.3 is 5.73 Å². The molecule has 0 fully saturated rings. The van der Waals surface area contributed by atoms with Gasteiger partial charge in [-0.25, -0.2) is 0 Å². The zero-order valence-corrected chi connectivity index (χ0v) is 7.94. The highest BCUT2D eigenvalue weighted by molar-refractivity contribution is 6.30. The molecular formula is C9H9ClF3N. The van der Waals surface area contributed by atoms with E-state index in [1.54, 1.807) is 0 Å². The van der Waals surface area contributed by atoms with Gasteiger partial charge in [0.25, 0.3) is 0 Å². The van der Waals surface area contributed by atoms with Crippen LogP contribution in [-0.2, 0) is 0 Å². The Hall–Kier alpha value is -0.740. The van der Waals surface area contributed by atoms with Crippen molar-refractivity contribution in [3.63, 3.8) is 0 Å². The first-order valence-electron chi connectivity index (χ1n) is 3.97. The van der Waals surface area contributed by atoms with E-state index in [4.69, 9.17) is 17.3 Å². The molecule has 1 aromatic carbocycles. The minimum Gasteiger partial charge on any atom is -0.330 e. The van der Waals surface area contributed by atoms with Gasteiger partial charge in [0, 0.05) is 11.6 Å². The minimum atomic E-state index is -4.32. The van der Waals surface area contributed by atoms with E-state index >= 15 is 0 Å². The van der Waals surface area contributed by atoms with Crippen molar-refractivity contribution in [1.29, 1.82) is 0 Å². The Balaban J connectivity index is 3.01. The molecule has 14 heavy (non-hydrogen) atoms. The van der Waals surface area contributed by atoms with Crippen LogP contribution in [0.5, 0.6) is 0 Å². The highest BCUT2D eigenvalue weighted by Gasteiger charge is 2.39. The third-order valence-corrected chi connectivity index (χ3v) is 2.12. The molecule has 2 N–H and O–H groups in total. The molecule has 0 spiro atoms. The van der Waals surface area contributed by atoms with Crippen LogP contribution in [0.4, 0.5) is 13.2 Å². The molecule has 78 valence electrons. The molecular weight excluding hydrogens is 215 g/mol. The molecule has 0 aromatic heterocycles. The van der Waals surface area contributed by atoms with E-state index in [0.717, 1.165) is 0 Å². The molecule has 0 radical (unpaired) electrons. The van der Waals surface area contributed by atoms with Crippen LogP contribution >= 0.6 is 11.6 Å². The topological polar surface area (TPSA) is 26.0 Å². The van der Waals surface area contributed by atoms with Crippen molar-refractivity contribution in [2.45, 2.75) is 12.1 Å². The lowest BCUT2D eigenvalue weighted by Gasteiger charge is -2.18. The first-order chi connectivity index (χ1) is 6.45. The second-order valence-corrected chi connectivity index (χ2v) is 3.32. The second-order valence-electron chi connectivity index (χ2n) is 2.88. The molecule has 0 amide bonds. The molecule has 5 heteroatoms. The number of benzene rings is 1. The van der Waals surface area contributed by atoms with Gasteiger partial charge >= 0.3 is 6.18 Å². The number of hydrogen-bond acceptors (Lipinski definition) is 1. The van der Waals surface area contributed by atoms with Gasteiger partial charge in [-0.1, -0.05) is 23.7 Å². The van der Waals surface area contributed by atoms with Crippen molar-refractivity contribution in [3.05, 3.63) is 34.9 Å². The van der Waals surface area contributed by atoms with Crippen LogP contribution < -0.4 is 5.73 Å². The summed E-state index contributed by atoms with van der Waals surface area (Å²) >= 11 is 5.59. The monoisotopic (exact) mass is 223 g/mol. The maximum absolute atomic E-state index is 12.4. The maximum atomic E-state index is 12.4. The fraction of sp³-hybridized carbons (Fsp3) is 0.333. The first-order valence-corrected chi connectivity index (χ1v) is 4.35. The van der Waals surface area contributed by atoms with Crippen LogP contribution in [0.2, 0.25) is 5.02 Å². The molecule has 0 aliphatic rings. The summed E-state index contributed by atoms with van der Waals surface area (Å²) in [6, 6.07) is 5.66. The highest BCUT2D eigenvalue weighted by atomic mass is 35.5. The molecule has 1 nitrogen and oxygen atoms in total. The van der Waals surface area contributed by atoms with Gasteiger partial charge in [0.05, 0.1) is 5.92 Å². The number of halogens is 4. The predicted octanol–water partition coefficient (Wildman–Crippen LogP) is 2.94. The number of nitrogens with two attached hydrogens (primary N) is 1. The van der Waals surface area contributed by atoms with Crippen LogP contribution in [0.15, 0.2) is 24.3 Å². The van der Waals surface area contributed by atoms with Gasteiger partial charge in [0.1, 0.15) is 0 Å². The zero-order chi connectivity index (χ0) is 10.8. The normalized spacial score (nSPS) is 14.1. The third-order valence-electron chi connectivity index (χ3n) is 1.88. The van der Waals surface area contributed by atoms with E-state index in [1.165, 1.54) is 24.3 Å². The minimum absolute atomic E-state index is 0.104. The van der Waals surface area contributed by atoms with E-state index in [9.17, 15) is 13.2 Å². The highest BCUT2D eigenvalue weighted by Crippen LogP contribution is 2.34. The van der Waals surface area contributed by atoms with Gasteiger partial charge in [-0.05, 0) is 17.7 Å². The summed E-state index contributed by atoms with van der Waals surface area (Å²) in [6.07, 6.45) is -4.32. The summed E-state index contributed by atoms with van der Waals surface area (Å²) in [6.45, 7) is -0.468. The van der Waals surface area contributed by atoms with E-state index in [1.807, 2.05) is 0 Å². The van der Waals surface area contributed by atoms with Crippen molar-refractivity contribution in [3.8, 4) is 0 Å². The SMILES string of the molecule is NCC(c1cccc(Cl)c1)C(F)(F)F. The van der Waals surface area contributed by atoms with Crippen LogP contribution in [0, 0.1) is 0 Å². The molecule has 0 aliphatic heterocycles. The summed E-state index contributed by atoms with van der Waals surface area (Å²) < 4.78 is 37.2. The van der Waals surface area contributed by atoms with Gasteiger partial charge in [0.2, 0.25) is 0 Å². The van der Waals surface area contributed by atoms with Crippen molar-refractivity contribution in [2.75, 3.05) is 6.54 Å². The van der Waals surface area contributed by atoms with Crippen molar-refractivity contribution in [2.24, 2.45) is 5.73 Å². The third kappa shape index (κ3) is 2.62. The quantitative estimate of drug-likeness (QED) is 0.820. The van der Waals surface area contributed by atoms with Gasteiger partial charge in [0.15, 0.2) is 0 Å². The first kappa shape index (κ1) is 11.3. The molecule has 0 saturated heterocycles. The second kappa shape index (κ2) is 4.19. The van der Waals surface area contributed by atoms with E-state index < -0.39 is 18.6 Å². The Labute approximate surface area is 84.7 Å². The number of rotatable bonds is 2. The molecule has 1 unspecified atom stereocenters. The van der Waals surface area contributed by atoms with Crippen LogP contribution in [0.25, 0.3) is 0 Å². The molecule has 1 aromatic rings. The fourth-order valence-electron chi connectivity index (χ4n) is 1.18. The zero-order valence-electron chi connectivity index (χ0n) is 7.18. The molecule has 1 atom stereocenters. The molecule has 0 saturated carbocycles. The molecule has 1 rings (SSSR count). The largest absolute Gasteiger partial charge is 0.396 e. The number of alkyl halides is 3. The average molecular weight is 224 g/mol. The summed E-state index contributed by atoms with van der Waals surface area (Å²) in [4.78, 5) is 0. The van der Waals surface area contributed by atoms with Crippen LogP contribution in [0.1, 0.15) is 11.5 Å². The van der Waals surface area contributed by atoms with Gasteiger partial charge in [-0.3, -0.25) is 0 Å². The summed E-state index contributed by atoms with van der Waals surface area (Å²) in [5, 5.41) is 0.283. The van der Waals surface area contributed by atoms with E-state index in [2.05, 4.69) is 0 Å². The smallest absolute Gasteiger partial charge is 0.330 e. The Morgan fingerprint density at radius 2 is 2.00 bits per heavy atom. The van der Waals surface area contributed by atoms with Crippen LogP contribution in [0.3, 0.4) is 0 Å². The Kier molecular flexibility index (Phi) is 3.39. The average Bonchev–Trinajstić information content (AvgIpc) is 2.02. The van der Waals surface area contributed by atoms with Crippen molar-refractivity contribution in [1.82, 2.24) is 0 Å². The summed E-state index contributed by atoms with van der Waals surface area (Å²) in [5.74, 6) is -1.64. The Bertz CT molecular complexity index is 311. The van der Waals surface area contributed by atoms with Crippen LogP contribution in [-0.4, -0.2) is 12.7 Å². The van der Waals surface area contributed by atoms with Gasteiger partial charge in [-0.15, -0.1) is 0 Å².